The summed E-state index contributed by atoms with van der Waals surface area (Å²) in [6, 6.07) is 7.20. The highest BCUT2D eigenvalue weighted by Gasteiger charge is 2.34. The molecule has 7 heteroatoms. The van der Waals surface area contributed by atoms with Gasteiger partial charge in [-0.05, 0) is 30.9 Å². The van der Waals surface area contributed by atoms with Crippen molar-refractivity contribution in [3.05, 3.63) is 40.6 Å². The number of hydrogen-bond donors (Lipinski definition) is 1. The van der Waals surface area contributed by atoms with E-state index in [1.165, 1.54) is 11.3 Å². The van der Waals surface area contributed by atoms with Crippen molar-refractivity contribution in [1.29, 1.82) is 0 Å². The predicted molar refractivity (Wildman–Crippen MR) is 104 cm³/mol. The topological polar surface area (TPSA) is 81.4 Å². The number of anilines is 1. The van der Waals surface area contributed by atoms with Crippen LogP contribution < -0.4 is 10.1 Å². The molecule has 0 bridgehead atoms. The fourth-order valence-corrected chi connectivity index (χ4v) is 4.26. The Morgan fingerprint density at radius 2 is 2.19 bits per heavy atom. The summed E-state index contributed by atoms with van der Waals surface area (Å²) in [7, 11) is 0. The zero-order chi connectivity index (χ0) is 19.2. The molecule has 1 aliphatic carbocycles. The van der Waals surface area contributed by atoms with Crippen LogP contribution in [0.15, 0.2) is 28.7 Å². The molecule has 140 valence electrons. The lowest BCUT2D eigenvalue weighted by atomic mass is 9.78. The van der Waals surface area contributed by atoms with Gasteiger partial charge in [-0.3, -0.25) is 14.9 Å². The van der Waals surface area contributed by atoms with Gasteiger partial charge >= 0.3 is 0 Å². The second kappa shape index (κ2) is 6.49. The number of fused-ring (bicyclic) bond motifs is 2. The Bertz CT molecular complexity index is 1050. The first-order valence-electron chi connectivity index (χ1n) is 8.86. The molecule has 0 aliphatic heterocycles. The zero-order valence-corrected chi connectivity index (χ0v) is 16.2. The number of furan rings is 1. The number of nitrogens with zero attached hydrogens (tertiary/aromatic N) is 1. The van der Waals surface area contributed by atoms with Crippen molar-refractivity contribution in [2.45, 2.75) is 33.6 Å². The molecule has 1 amide bonds. The first-order valence-corrected chi connectivity index (χ1v) is 9.67. The van der Waals surface area contributed by atoms with Crippen LogP contribution in [0.25, 0.3) is 11.0 Å². The first-order chi connectivity index (χ1) is 12.9. The third-order valence-corrected chi connectivity index (χ3v) is 5.54. The quantitative estimate of drug-likeness (QED) is 0.705. The summed E-state index contributed by atoms with van der Waals surface area (Å²) in [6.45, 7) is 6.50. The molecule has 2 aromatic heterocycles. The number of ether oxygens (including phenoxy) is 1. The molecule has 0 atom stereocenters. The fourth-order valence-electron chi connectivity index (χ4n) is 3.35. The molecule has 2 heterocycles. The van der Waals surface area contributed by atoms with Gasteiger partial charge in [-0.2, -0.15) is 0 Å². The van der Waals surface area contributed by atoms with Gasteiger partial charge < -0.3 is 9.15 Å². The Morgan fingerprint density at radius 1 is 1.37 bits per heavy atom. The lowest BCUT2D eigenvalue weighted by Crippen LogP contribution is -2.26. The van der Waals surface area contributed by atoms with E-state index < -0.39 is 5.91 Å². The average molecular weight is 384 g/mol. The molecule has 3 aromatic rings. The minimum atomic E-state index is -0.397. The Hall–Kier alpha value is -2.67. The second-order valence-corrected chi connectivity index (χ2v) is 8.41. The number of carbonyl (C=O) groups excluding carboxylic acids is 2. The van der Waals surface area contributed by atoms with Gasteiger partial charge in [-0.15, -0.1) is 0 Å². The molecule has 0 fully saturated rings. The molecule has 1 aromatic carbocycles. The van der Waals surface area contributed by atoms with E-state index in [1.807, 2.05) is 19.1 Å². The molecular weight excluding hydrogens is 364 g/mol. The highest BCUT2D eigenvalue weighted by molar-refractivity contribution is 7.17. The summed E-state index contributed by atoms with van der Waals surface area (Å²) < 4.78 is 11.3. The Kier molecular flexibility index (Phi) is 4.26. The van der Waals surface area contributed by atoms with E-state index in [1.54, 1.807) is 12.1 Å². The van der Waals surface area contributed by atoms with Crippen LogP contribution in [0.3, 0.4) is 0 Å². The molecule has 1 aliphatic rings. The van der Waals surface area contributed by atoms with E-state index in [2.05, 4.69) is 24.1 Å². The number of carbonyl (C=O) groups is 2. The molecule has 0 radical (unpaired) electrons. The molecule has 0 unspecified atom stereocenters. The largest absolute Gasteiger partial charge is 0.490 e. The van der Waals surface area contributed by atoms with Gasteiger partial charge in [-0.25, -0.2) is 4.98 Å². The fraction of sp³-hybridized carbons (Fsp3) is 0.350. The third kappa shape index (κ3) is 3.35. The number of para-hydroxylation sites is 1. The van der Waals surface area contributed by atoms with Crippen molar-refractivity contribution in [3.8, 4) is 5.75 Å². The minimum Gasteiger partial charge on any atom is -0.490 e. The number of amides is 1. The van der Waals surface area contributed by atoms with Crippen LogP contribution in [-0.2, 0) is 6.42 Å². The lowest BCUT2D eigenvalue weighted by molar-refractivity contribution is 0.0915. The second-order valence-electron chi connectivity index (χ2n) is 7.41. The number of ketones is 1. The summed E-state index contributed by atoms with van der Waals surface area (Å²) in [5, 5.41) is 3.97. The monoisotopic (exact) mass is 384 g/mol. The minimum absolute atomic E-state index is 0.0874. The van der Waals surface area contributed by atoms with Gasteiger partial charge in [-0.1, -0.05) is 37.3 Å². The maximum absolute atomic E-state index is 12.6. The van der Waals surface area contributed by atoms with Crippen LogP contribution in [0.4, 0.5) is 5.13 Å². The van der Waals surface area contributed by atoms with Gasteiger partial charge in [0.1, 0.15) is 0 Å². The number of rotatable bonds is 4. The van der Waals surface area contributed by atoms with Gasteiger partial charge in [0.25, 0.3) is 5.91 Å². The van der Waals surface area contributed by atoms with Gasteiger partial charge in [0.15, 0.2) is 28.0 Å². The van der Waals surface area contributed by atoms with E-state index >= 15 is 0 Å². The Labute approximate surface area is 160 Å². The SMILES string of the molecule is CCOc1cccc2cc(C(=O)Nc3nc4c(s3)C(=O)CC(C)(C)C4)oc12. The summed E-state index contributed by atoms with van der Waals surface area (Å²) in [5.41, 5.74) is 1.20. The maximum Gasteiger partial charge on any atom is 0.293 e. The Morgan fingerprint density at radius 3 is 2.96 bits per heavy atom. The average Bonchev–Trinajstić information content (AvgIpc) is 3.18. The highest BCUT2D eigenvalue weighted by atomic mass is 32.1. The van der Waals surface area contributed by atoms with E-state index in [4.69, 9.17) is 9.15 Å². The molecular formula is C20H20N2O4S. The van der Waals surface area contributed by atoms with Crippen LogP contribution in [0, 0.1) is 5.41 Å². The summed E-state index contributed by atoms with van der Waals surface area (Å²) in [4.78, 5) is 30.0. The number of hydrogen-bond acceptors (Lipinski definition) is 6. The molecule has 0 saturated carbocycles. The van der Waals surface area contributed by atoms with Crippen LogP contribution in [0.1, 0.15) is 53.1 Å². The van der Waals surface area contributed by atoms with Crippen molar-refractivity contribution in [1.82, 2.24) is 4.98 Å². The number of benzene rings is 1. The number of nitrogens with one attached hydrogen (secondary N) is 1. The predicted octanol–water partition coefficient (Wildman–Crippen LogP) is 4.70. The van der Waals surface area contributed by atoms with Crippen LogP contribution >= 0.6 is 11.3 Å². The molecule has 1 N–H and O–H groups in total. The molecule has 4 rings (SSSR count). The van der Waals surface area contributed by atoms with Crippen molar-refractivity contribution in [3.63, 3.8) is 0 Å². The smallest absolute Gasteiger partial charge is 0.293 e. The van der Waals surface area contributed by atoms with Gasteiger partial charge in [0, 0.05) is 11.8 Å². The summed E-state index contributed by atoms with van der Waals surface area (Å²) in [5.74, 6) is 0.472. The van der Waals surface area contributed by atoms with E-state index in [9.17, 15) is 9.59 Å². The molecule has 0 saturated heterocycles. The zero-order valence-electron chi connectivity index (χ0n) is 15.4. The molecule has 6 nitrogen and oxygen atoms in total. The van der Waals surface area contributed by atoms with E-state index in [-0.39, 0.29) is 17.0 Å². The van der Waals surface area contributed by atoms with Crippen LogP contribution in [0.5, 0.6) is 5.75 Å². The van der Waals surface area contributed by atoms with Crippen molar-refractivity contribution in [2.24, 2.45) is 5.41 Å². The van der Waals surface area contributed by atoms with E-state index in [0.717, 1.165) is 17.5 Å². The molecule has 27 heavy (non-hydrogen) atoms. The number of aromatic nitrogens is 1. The first kappa shape index (κ1) is 17.7. The van der Waals surface area contributed by atoms with Crippen molar-refractivity contribution in [2.75, 3.05) is 11.9 Å². The van der Waals surface area contributed by atoms with Gasteiger partial charge in [0.05, 0.1) is 17.2 Å². The summed E-state index contributed by atoms with van der Waals surface area (Å²) in [6.07, 6.45) is 1.22. The highest BCUT2D eigenvalue weighted by Crippen LogP contribution is 2.38. The normalized spacial score (nSPS) is 15.6. The van der Waals surface area contributed by atoms with Crippen LogP contribution in [-0.4, -0.2) is 23.3 Å². The maximum atomic E-state index is 12.6. The van der Waals surface area contributed by atoms with Crippen molar-refractivity contribution >= 4 is 39.1 Å². The van der Waals surface area contributed by atoms with E-state index in [0.29, 0.717) is 34.4 Å². The number of thiazole rings is 1. The number of Topliss-reactive ketones (excluding diaryl/α,β-unsaturated/α-hetero) is 1. The van der Waals surface area contributed by atoms with Gasteiger partial charge in [0.2, 0.25) is 0 Å². The molecule has 0 spiro atoms. The lowest BCUT2D eigenvalue weighted by Gasteiger charge is -2.26. The van der Waals surface area contributed by atoms with Crippen molar-refractivity contribution < 1.29 is 18.7 Å². The summed E-state index contributed by atoms with van der Waals surface area (Å²) >= 11 is 1.23. The third-order valence-electron chi connectivity index (χ3n) is 4.49. The Balaban J connectivity index is 1.59. The standard InChI is InChI=1S/C20H20N2O4S/c1-4-25-14-7-5-6-11-8-15(26-16(11)14)18(24)22-19-21-12-9-20(2,3)10-13(23)17(12)27-19/h5-8H,4,9-10H2,1-3H3,(H,21,22,24). The van der Waals surface area contributed by atoms with Crippen LogP contribution in [0.2, 0.25) is 0 Å².